The van der Waals surface area contributed by atoms with Gasteiger partial charge in [0, 0.05) is 19.8 Å². The Kier molecular flexibility index (Phi) is 7.21. The van der Waals surface area contributed by atoms with Gasteiger partial charge in [-0.1, -0.05) is 13.3 Å². The Morgan fingerprint density at radius 1 is 1.53 bits per heavy atom. The molecule has 1 fully saturated rings. The molecule has 1 aliphatic rings. The number of amides is 1. The van der Waals surface area contributed by atoms with Crippen molar-refractivity contribution in [3.63, 3.8) is 0 Å². The number of aliphatic hydroxyl groups is 1. The molecule has 4 heteroatoms. The molecule has 0 bridgehead atoms. The van der Waals surface area contributed by atoms with E-state index in [0.717, 1.165) is 32.3 Å². The summed E-state index contributed by atoms with van der Waals surface area (Å²) >= 11 is 0. The normalized spacial score (nSPS) is 22.1. The maximum absolute atomic E-state index is 11.7. The van der Waals surface area contributed by atoms with Crippen molar-refractivity contribution in [3.05, 3.63) is 0 Å². The predicted octanol–water partition coefficient (Wildman–Crippen LogP) is 1.47. The Morgan fingerprint density at radius 2 is 2.35 bits per heavy atom. The SMILES string of the molecule is CCC(CCO)CNC(=O)CC1CCCCO1. The lowest BCUT2D eigenvalue weighted by Crippen LogP contribution is -2.33. The first-order valence-electron chi connectivity index (χ1n) is 6.75. The maximum Gasteiger partial charge on any atom is 0.222 e. The number of ether oxygens (including phenoxy) is 1. The number of aliphatic hydroxyl groups excluding tert-OH is 1. The molecular weight excluding hydrogens is 218 g/mol. The summed E-state index contributed by atoms with van der Waals surface area (Å²) in [5.41, 5.74) is 0. The second-order valence-electron chi connectivity index (χ2n) is 4.78. The topological polar surface area (TPSA) is 58.6 Å². The van der Waals surface area contributed by atoms with Crippen molar-refractivity contribution in [2.75, 3.05) is 19.8 Å². The highest BCUT2D eigenvalue weighted by molar-refractivity contribution is 5.76. The number of carbonyl (C=O) groups excluding carboxylic acids is 1. The van der Waals surface area contributed by atoms with E-state index in [1.54, 1.807) is 0 Å². The maximum atomic E-state index is 11.7. The molecule has 1 saturated heterocycles. The van der Waals surface area contributed by atoms with Gasteiger partial charge in [0.15, 0.2) is 0 Å². The lowest BCUT2D eigenvalue weighted by atomic mass is 10.0. The number of rotatable bonds is 7. The zero-order chi connectivity index (χ0) is 12.5. The van der Waals surface area contributed by atoms with Crippen LogP contribution >= 0.6 is 0 Å². The summed E-state index contributed by atoms with van der Waals surface area (Å²) in [6.45, 7) is 3.74. The van der Waals surface area contributed by atoms with E-state index in [2.05, 4.69) is 12.2 Å². The highest BCUT2D eigenvalue weighted by Gasteiger charge is 2.17. The predicted molar refractivity (Wildman–Crippen MR) is 66.7 cm³/mol. The van der Waals surface area contributed by atoms with E-state index in [-0.39, 0.29) is 18.6 Å². The Balaban J connectivity index is 2.14. The Labute approximate surface area is 104 Å². The van der Waals surface area contributed by atoms with Gasteiger partial charge in [-0.15, -0.1) is 0 Å². The van der Waals surface area contributed by atoms with Gasteiger partial charge in [-0.05, 0) is 31.6 Å². The molecule has 0 radical (unpaired) electrons. The molecule has 1 rings (SSSR count). The third kappa shape index (κ3) is 6.03. The fourth-order valence-corrected chi connectivity index (χ4v) is 2.14. The molecule has 0 spiro atoms. The van der Waals surface area contributed by atoms with Crippen LogP contribution in [0.5, 0.6) is 0 Å². The molecule has 0 aromatic carbocycles. The van der Waals surface area contributed by atoms with Crippen LogP contribution in [0.1, 0.15) is 45.4 Å². The van der Waals surface area contributed by atoms with Crippen molar-refractivity contribution in [2.24, 2.45) is 5.92 Å². The van der Waals surface area contributed by atoms with Crippen LogP contribution in [0.25, 0.3) is 0 Å². The molecule has 4 nitrogen and oxygen atoms in total. The minimum atomic E-state index is 0.0771. The van der Waals surface area contributed by atoms with Crippen LogP contribution in [0.15, 0.2) is 0 Å². The highest BCUT2D eigenvalue weighted by atomic mass is 16.5. The molecular formula is C13H25NO3. The standard InChI is InChI=1S/C13H25NO3/c1-2-11(6-7-15)10-14-13(16)9-12-5-3-4-8-17-12/h11-12,15H,2-10H2,1H3,(H,14,16). The summed E-state index contributed by atoms with van der Waals surface area (Å²) in [4.78, 5) is 11.7. The molecule has 0 saturated carbocycles. The Morgan fingerprint density at radius 3 is 2.94 bits per heavy atom. The van der Waals surface area contributed by atoms with Crippen LogP contribution in [-0.2, 0) is 9.53 Å². The van der Waals surface area contributed by atoms with E-state index < -0.39 is 0 Å². The largest absolute Gasteiger partial charge is 0.396 e. The van der Waals surface area contributed by atoms with Gasteiger partial charge >= 0.3 is 0 Å². The van der Waals surface area contributed by atoms with Gasteiger partial charge in [-0.25, -0.2) is 0 Å². The molecule has 17 heavy (non-hydrogen) atoms. The number of carbonyl (C=O) groups is 1. The smallest absolute Gasteiger partial charge is 0.222 e. The average Bonchev–Trinajstić information content (AvgIpc) is 2.35. The molecule has 0 aromatic rings. The summed E-state index contributed by atoms with van der Waals surface area (Å²) in [6, 6.07) is 0. The van der Waals surface area contributed by atoms with Crippen LogP contribution in [0, 0.1) is 5.92 Å². The van der Waals surface area contributed by atoms with Crippen molar-refractivity contribution < 1.29 is 14.6 Å². The van der Waals surface area contributed by atoms with E-state index in [0.29, 0.717) is 18.9 Å². The van der Waals surface area contributed by atoms with Crippen molar-refractivity contribution >= 4 is 5.91 Å². The van der Waals surface area contributed by atoms with Gasteiger partial charge in [0.1, 0.15) is 0 Å². The first-order valence-corrected chi connectivity index (χ1v) is 6.75. The van der Waals surface area contributed by atoms with Crippen LogP contribution in [0.2, 0.25) is 0 Å². The Bertz CT molecular complexity index is 215. The van der Waals surface area contributed by atoms with E-state index in [4.69, 9.17) is 9.84 Å². The summed E-state index contributed by atoms with van der Waals surface area (Å²) in [5, 5.41) is 11.8. The molecule has 1 aliphatic heterocycles. The molecule has 2 unspecified atom stereocenters. The Hall–Kier alpha value is -0.610. The van der Waals surface area contributed by atoms with Crippen molar-refractivity contribution in [2.45, 2.75) is 51.6 Å². The van der Waals surface area contributed by atoms with Gasteiger partial charge in [0.05, 0.1) is 12.5 Å². The average molecular weight is 243 g/mol. The summed E-state index contributed by atoms with van der Waals surface area (Å²) < 4.78 is 5.53. The number of hydrogen-bond donors (Lipinski definition) is 2. The molecule has 2 N–H and O–H groups in total. The number of hydrogen-bond acceptors (Lipinski definition) is 3. The first-order chi connectivity index (χ1) is 8.26. The van der Waals surface area contributed by atoms with Crippen LogP contribution in [0.3, 0.4) is 0 Å². The third-order valence-electron chi connectivity index (χ3n) is 3.39. The van der Waals surface area contributed by atoms with E-state index in [9.17, 15) is 4.79 Å². The van der Waals surface area contributed by atoms with Gasteiger partial charge in [-0.3, -0.25) is 4.79 Å². The lowest BCUT2D eigenvalue weighted by Gasteiger charge is -2.22. The highest BCUT2D eigenvalue weighted by Crippen LogP contribution is 2.15. The monoisotopic (exact) mass is 243 g/mol. The summed E-state index contributed by atoms with van der Waals surface area (Å²) in [5.74, 6) is 0.463. The van der Waals surface area contributed by atoms with Gasteiger partial charge in [0.2, 0.25) is 5.91 Å². The summed E-state index contributed by atoms with van der Waals surface area (Å²) in [7, 11) is 0. The minimum Gasteiger partial charge on any atom is -0.396 e. The van der Waals surface area contributed by atoms with Gasteiger partial charge in [0.25, 0.3) is 0 Å². The fraction of sp³-hybridized carbons (Fsp3) is 0.923. The fourth-order valence-electron chi connectivity index (χ4n) is 2.14. The summed E-state index contributed by atoms with van der Waals surface area (Å²) in [6.07, 6.45) is 5.63. The molecule has 0 aliphatic carbocycles. The van der Waals surface area contributed by atoms with Crippen molar-refractivity contribution in [1.29, 1.82) is 0 Å². The molecule has 100 valence electrons. The van der Waals surface area contributed by atoms with Gasteiger partial charge in [-0.2, -0.15) is 0 Å². The van der Waals surface area contributed by atoms with Crippen molar-refractivity contribution in [1.82, 2.24) is 5.32 Å². The van der Waals surface area contributed by atoms with E-state index >= 15 is 0 Å². The second-order valence-corrected chi connectivity index (χ2v) is 4.78. The second kappa shape index (κ2) is 8.48. The van der Waals surface area contributed by atoms with Crippen molar-refractivity contribution in [3.8, 4) is 0 Å². The first kappa shape index (κ1) is 14.5. The number of nitrogens with one attached hydrogen (secondary N) is 1. The minimum absolute atomic E-state index is 0.0771. The zero-order valence-corrected chi connectivity index (χ0v) is 10.8. The molecule has 2 atom stereocenters. The third-order valence-corrected chi connectivity index (χ3v) is 3.39. The van der Waals surface area contributed by atoms with E-state index in [1.165, 1.54) is 6.42 Å². The quantitative estimate of drug-likeness (QED) is 0.712. The van der Waals surface area contributed by atoms with Gasteiger partial charge < -0.3 is 15.2 Å². The molecule has 0 aromatic heterocycles. The molecule has 1 amide bonds. The van der Waals surface area contributed by atoms with Crippen LogP contribution in [0.4, 0.5) is 0 Å². The zero-order valence-electron chi connectivity index (χ0n) is 10.8. The molecule has 1 heterocycles. The lowest BCUT2D eigenvalue weighted by molar-refractivity contribution is -0.125. The van der Waals surface area contributed by atoms with Crippen LogP contribution < -0.4 is 5.32 Å². The van der Waals surface area contributed by atoms with E-state index in [1.807, 2.05) is 0 Å². The van der Waals surface area contributed by atoms with Crippen LogP contribution in [-0.4, -0.2) is 36.9 Å².